The Morgan fingerprint density at radius 1 is 1.25 bits per heavy atom. The Balaban J connectivity index is 2.31. The number of Topliss-reactive ketones (excluding diaryl/α,β-unsaturated/α-hetero) is 1. The number of nitrogens with zero attached hydrogens (tertiary/aromatic N) is 1. The highest BCUT2D eigenvalue weighted by atomic mass is 16.5. The van der Waals surface area contributed by atoms with Gasteiger partial charge in [-0.2, -0.15) is 0 Å². The normalized spacial score (nSPS) is 19.9. The van der Waals surface area contributed by atoms with Crippen molar-refractivity contribution in [3.63, 3.8) is 0 Å². The van der Waals surface area contributed by atoms with E-state index < -0.39 is 0 Å². The van der Waals surface area contributed by atoms with Gasteiger partial charge in [0.05, 0.1) is 7.11 Å². The van der Waals surface area contributed by atoms with Crippen molar-refractivity contribution < 1.29 is 9.53 Å². The zero-order chi connectivity index (χ0) is 14.8. The summed E-state index contributed by atoms with van der Waals surface area (Å²) in [5.41, 5.74) is 1.35. The molecule has 1 aromatic rings. The molecule has 1 unspecified atom stereocenters. The third kappa shape index (κ3) is 2.73. The van der Waals surface area contributed by atoms with Crippen molar-refractivity contribution >= 4 is 5.78 Å². The standard InChI is InChI=1S/C17H25NO2/c1-13(14-6-5-7-16(12-14)20-4)17(18(2)3)10-8-15(19)9-11-17/h5-7,12-13H,8-11H2,1-4H3. The number of methoxy groups -OCH3 is 1. The van der Waals surface area contributed by atoms with Crippen LogP contribution in [0.25, 0.3) is 0 Å². The van der Waals surface area contributed by atoms with E-state index in [0.717, 1.165) is 18.6 Å². The zero-order valence-electron chi connectivity index (χ0n) is 13.0. The van der Waals surface area contributed by atoms with Crippen molar-refractivity contribution in [2.24, 2.45) is 0 Å². The van der Waals surface area contributed by atoms with Gasteiger partial charge in [0.25, 0.3) is 0 Å². The monoisotopic (exact) mass is 275 g/mol. The molecule has 1 aromatic carbocycles. The Labute approximate surface area is 121 Å². The topological polar surface area (TPSA) is 29.5 Å². The lowest BCUT2D eigenvalue weighted by atomic mass is 9.70. The molecule has 3 nitrogen and oxygen atoms in total. The van der Waals surface area contributed by atoms with Crippen LogP contribution >= 0.6 is 0 Å². The van der Waals surface area contributed by atoms with E-state index in [0.29, 0.717) is 24.5 Å². The molecular weight excluding hydrogens is 250 g/mol. The van der Waals surface area contributed by atoms with Crippen LogP contribution in [0.5, 0.6) is 5.75 Å². The van der Waals surface area contributed by atoms with Gasteiger partial charge in [-0.15, -0.1) is 0 Å². The van der Waals surface area contributed by atoms with Crippen LogP contribution in [-0.2, 0) is 4.79 Å². The van der Waals surface area contributed by atoms with Gasteiger partial charge in [-0.3, -0.25) is 4.79 Å². The molecule has 0 aliphatic heterocycles. The van der Waals surface area contributed by atoms with Crippen LogP contribution in [0.3, 0.4) is 0 Å². The van der Waals surface area contributed by atoms with Crippen molar-refractivity contribution in [1.82, 2.24) is 4.90 Å². The summed E-state index contributed by atoms with van der Waals surface area (Å²) in [6, 6.07) is 8.30. The van der Waals surface area contributed by atoms with Gasteiger partial charge in [-0.1, -0.05) is 19.1 Å². The van der Waals surface area contributed by atoms with Crippen LogP contribution < -0.4 is 4.74 Å². The van der Waals surface area contributed by atoms with Crippen LogP contribution in [0.1, 0.15) is 44.1 Å². The number of carbonyl (C=O) groups is 1. The van der Waals surface area contributed by atoms with Crippen molar-refractivity contribution in [3.8, 4) is 5.75 Å². The van der Waals surface area contributed by atoms with Crippen molar-refractivity contribution in [2.75, 3.05) is 21.2 Å². The third-order valence-corrected chi connectivity index (χ3v) is 4.96. The first-order chi connectivity index (χ1) is 9.49. The molecule has 0 saturated heterocycles. The second-order valence-electron chi connectivity index (χ2n) is 6.03. The first kappa shape index (κ1) is 15.0. The molecule has 20 heavy (non-hydrogen) atoms. The van der Waals surface area contributed by atoms with E-state index in [4.69, 9.17) is 4.74 Å². The molecule has 0 spiro atoms. The molecule has 1 fully saturated rings. The van der Waals surface area contributed by atoms with Crippen molar-refractivity contribution in [2.45, 2.75) is 44.1 Å². The number of likely N-dealkylation sites (N-methyl/N-ethyl adjacent to an activating group) is 1. The smallest absolute Gasteiger partial charge is 0.133 e. The first-order valence-electron chi connectivity index (χ1n) is 7.32. The van der Waals surface area contributed by atoms with E-state index in [1.54, 1.807) is 7.11 Å². The lowest BCUT2D eigenvalue weighted by Gasteiger charge is -2.47. The highest BCUT2D eigenvalue weighted by Gasteiger charge is 2.41. The lowest BCUT2D eigenvalue weighted by molar-refractivity contribution is -0.123. The van der Waals surface area contributed by atoms with Crippen LogP contribution in [0, 0.1) is 0 Å². The largest absolute Gasteiger partial charge is 0.497 e. The van der Waals surface area contributed by atoms with E-state index in [2.05, 4.69) is 38.1 Å². The number of hydrogen-bond donors (Lipinski definition) is 0. The van der Waals surface area contributed by atoms with Gasteiger partial charge in [0, 0.05) is 18.4 Å². The Morgan fingerprint density at radius 2 is 1.90 bits per heavy atom. The molecule has 3 heteroatoms. The average molecular weight is 275 g/mol. The minimum atomic E-state index is 0.0697. The van der Waals surface area contributed by atoms with E-state index in [1.807, 2.05) is 12.1 Å². The van der Waals surface area contributed by atoms with Crippen molar-refractivity contribution in [1.29, 1.82) is 0 Å². The number of carbonyl (C=O) groups excluding carboxylic acids is 1. The minimum absolute atomic E-state index is 0.0697. The Hall–Kier alpha value is -1.35. The maximum Gasteiger partial charge on any atom is 0.133 e. The van der Waals surface area contributed by atoms with Crippen molar-refractivity contribution in [3.05, 3.63) is 29.8 Å². The lowest BCUT2D eigenvalue weighted by Crippen LogP contribution is -2.50. The second kappa shape index (κ2) is 5.96. The number of benzene rings is 1. The molecule has 0 aromatic heterocycles. The van der Waals surface area contributed by atoms with Crippen LogP contribution in [0.2, 0.25) is 0 Å². The van der Waals surface area contributed by atoms with Gasteiger partial charge < -0.3 is 9.64 Å². The number of ketones is 1. The molecule has 1 saturated carbocycles. The molecule has 0 bridgehead atoms. The fourth-order valence-electron chi connectivity index (χ4n) is 3.45. The summed E-state index contributed by atoms with van der Waals surface area (Å²) < 4.78 is 5.34. The molecule has 1 atom stereocenters. The van der Waals surface area contributed by atoms with E-state index in [1.165, 1.54) is 5.56 Å². The summed E-state index contributed by atoms with van der Waals surface area (Å²) in [6.45, 7) is 2.27. The van der Waals surface area contributed by atoms with E-state index in [-0.39, 0.29) is 5.54 Å². The summed E-state index contributed by atoms with van der Waals surface area (Å²) in [5, 5.41) is 0. The molecule has 110 valence electrons. The first-order valence-corrected chi connectivity index (χ1v) is 7.32. The summed E-state index contributed by atoms with van der Waals surface area (Å²) in [7, 11) is 5.96. The Morgan fingerprint density at radius 3 is 2.45 bits per heavy atom. The quantitative estimate of drug-likeness (QED) is 0.845. The number of rotatable bonds is 4. The highest BCUT2D eigenvalue weighted by Crippen LogP contribution is 2.42. The number of hydrogen-bond acceptors (Lipinski definition) is 3. The number of ether oxygens (including phenoxy) is 1. The van der Waals surface area contributed by atoms with Crippen LogP contribution in [0.15, 0.2) is 24.3 Å². The molecular formula is C17H25NO2. The zero-order valence-corrected chi connectivity index (χ0v) is 13.0. The average Bonchev–Trinajstić information content (AvgIpc) is 2.47. The van der Waals surface area contributed by atoms with Gasteiger partial charge in [-0.05, 0) is 50.6 Å². The maximum atomic E-state index is 11.6. The van der Waals surface area contributed by atoms with E-state index in [9.17, 15) is 4.79 Å². The Bertz CT molecular complexity index is 472. The highest BCUT2D eigenvalue weighted by molar-refractivity contribution is 5.79. The molecule has 2 rings (SSSR count). The molecule has 0 N–H and O–H groups in total. The minimum Gasteiger partial charge on any atom is -0.497 e. The molecule has 0 radical (unpaired) electrons. The van der Waals surface area contributed by atoms with Gasteiger partial charge in [-0.25, -0.2) is 0 Å². The molecule has 0 heterocycles. The molecule has 1 aliphatic rings. The fourth-order valence-corrected chi connectivity index (χ4v) is 3.45. The second-order valence-corrected chi connectivity index (χ2v) is 6.03. The maximum absolute atomic E-state index is 11.6. The molecule has 0 amide bonds. The van der Waals surface area contributed by atoms with E-state index >= 15 is 0 Å². The third-order valence-electron chi connectivity index (χ3n) is 4.96. The summed E-state index contributed by atoms with van der Waals surface area (Å²) >= 11 is 0. The van der Waals surface area contributed by atoms with Crippen LogP contribution in [0.4, 0.5) is 0 Å². The van der Waals surface area contributed by atoms with Gasteiger partial charge in [0.2, 0.25) is 0 Å². The summed E-state index contributed by atoms with van der Waals surface area (Å²) in [4.78, 5) is 13.9. The fraction of sp³-hybridized carbons (Fsp3) is 0.588. The summed E-state index contributed by atoms with van der Waals surface area (Å²) in [6.07, 6.45) is 3.29. The van der Waals surface area contributed by atoms with Gasteiger partial charge in [0.1, 0.15) is 11.5 Å². The predicted molar refractivity (Wildman–Crippen MR) is 81.3 cm³/mol. The van der Waals surface area contributed by atoms with Gasteiger partial charge in [0.15, 0.2) is 0 Å². The molecule has 1 aliphatic carbocycles. The summed E-state index contributed by atoms with van der Waals surface area (Å²) in [5.74, 6) is 1.68. The Kier molecular flexibility index (Phi) is 4.48. The van der Waals surface area contributed by atoms with Crippen LogP contribution in [-0.4, -0.2) is 37.4 Å². The predicted octanol–water partition coefficient (Wildman–Crippen LogP) is 3.24. The van der Waals surface area contributed by atoms with Gasteiger partial charge >= 0.3 is 0 Å². The SMILES string of the molecule is COc1cccc(C(C)C2(N(C)C)CCC(=O)CC2)c1.